The van der Waals surface area contributed by atoms with E-state index in [2.05, 4.69) is 29.1 Å². The molecule has 0 saturated heterocycles. The van der Waals surface area contributed by atoms with E-state index in [4.69, 9.17) is 5.73 Å². The number of carbonyl (C=O) groups is 2. The number of hydrogen-bond acceptors (Lipinski definition) is 7. The van der Waals surface area contributed by atoms with E-state index in [-0.39, 0.29) is 17.1 Å². The van der Waals surface area contributed by atoms with Gasteiger partial charge in [0, 0.05) is 18.3 Å². The minimum atomic E-state index is -0.325. The zero-order valence-corrected chi connectivity index (χ0v) is 13.9. The molecule has 2 heterocycles. The Kier molecular flexibility index (Phi) is 3.84. The molecule has 1 aliphatic carbocycles. The molecular weight excluding hydrogens is 320 g/mol. The SMILES string of the molecule is CC1(C)CC(=O)c2sc(NC(=O)c3csc(CN)n3)nc2C1. The van der Waals surface area contributed by atoms with Crippen LogP contribution in [0.2, 0.25) is 0 Å². The average molecular weight is 336 g/mol. The highest BCUT2D eigenvalue weighted by Crippen LogP contribution is 2.38. The lowest BCUT2D eigenvalue weighted by Gasteiger charge is -2.26. The molecule has 8 heteroatoms. The second kappa shape index (κ2) is 5.53. The van der Waals surface area contributed by atoms with Gasteiger partial charge < -0.3 is 5.73 Å². The van der Waals surface area contributed by atoms with Crippen molar-refractivity contribution in [3.05, 3.63) is 26.7 Å². The summed E-state index contributed by atoms with van der Waals surface area (Å²) in [5.41, 5.74) is 6.52. The number of Topliss-reactive ketones (excluding diaryl/α,β-unsaturated/α-hetero) is 1. The van der Waals surface area contributed by atoms with Crippen molar-refractivity contribution in [1.29, 1.82) is 0 Å². The summed E-state index contributed by atoms with van der Waals surface area (Å²) in [5, 5.41) is 5.54. The molecule has 2 aromatic rings. The molecule has 0 radical (unpaired) electrons. The van der Waals surface area contributed by atoms with Gasteiger partial charge >= 0.3 is 0 Å². The Labute approximate surface area is 135 Å². The van der Waals surface area contributed by atoms with Crippen LogP contribution < -0.4 is 11.1 Å². The average Bonchev–Trinajstić information content (AvgIpc) is 3.03. The van der Waals surface area contributed by atoms with E-state index in [1.165, 1.54) is 22.7 Å². The molecule has 116 valence electrons. The van der Waals surface area contributed by atoms with E-state index >= 15 is 0 Å². The molecule has 0 aliphatic heterocycles. The second-order valence-electron chi connectivity index (χ2n) is 6.02. The van der Waals surface area contributed by atoms with Gasteiger partial charge in [-0.1, -0.05) is 25.2 Å². The maximum atomic E-state index is 12.1. The number of amides is 1. The van der Waals surface area contributed by atoms with Crippen LogP contribution in [0.5, 0.6) is 0 Å². The quantitative estimate of drug-likeness (QED) is 0.897. The Morgan fingerprint density at radius 2 is 2.18 bits per heavy atom. The maximum Gasteiger partial charge on any atom is 0.276 e. The third-order valence-corrected chi connectivity index (χ3v) is 5.34. The molecular formula is C14H16N4O2S2. The van der Waals surface area contributed by atoms with Crippen LogP contribution in [0.1, 0.15) is 51.1 Å². The molecule has 0 atom stereocenters. The van der Waals surface area contributed by atoms with Gasteiger partial charge in [0.15, 0.2) is 10.9 Å². The van der Waals surface area contributed by atoms with Crippen LogP contribution >= 0.6 is 22.7 Å². The van der Waals surface area contributed by atoms with E-state index in [0.29, 0.717) is 33.7 Å². The number of rotatable bonds is 3. The lowest BCUT2D eigenvalue weighted by Crippen LogP contribution is -2.26. The summed E-state index contributed by atoms with van der Waals surface area (Å²) in [6.45, 7) is 4.41. The first-order valence-electron chi connectivity index (χ1n) is 6.87. The van der Waals surface area contributed by atoms with E-state index in [1.807, 2.05) is 0 Å². The van der Waals surface area contributed by atoms with E-state index < -0.39 is 0 Å². The highest BCUT2D eigenvalue weighted by atomic mass is 32.1. The summed E-state index contributed by atoms with van der Waals surface area (Å²) in [4.78, 5) is 33.5. The number of anilines is 1. The van der Waals surface area contributed by atoms with Gasteiger partial charge in [0.05, 0.1) is 10.6 Å². The third-order valence-electron chi connectivity index (χ3n) is 3.42. The lowest BCUT2D eigenvalue weighted by atomic mass is 9.78. The first kappa shape index (κ1) is 15.3. The monoisotopic (exact) mass is 336 g/mol. The zero-order valence-electron chi connectivity index (χ0n) is 12.3. The van der Waals surface area contributed by atoms with Gasteiger partial charge in [0.25, 0.3) is 5.91 Å². The summed E-state index contributed by atoms with van der Waals surface area (Å²) >= 11 is 2.59. The van der Waals surface area contributed by atoms with Crippen LogP contribution in [0.4, 0.5) is 5.13 Å². The standard InChI is InChI=1S/C14H16N4O2S2/c1-14(2)3-7-11(9(19)4-14)22-13(17-7)18-12(20)8-6-21-10(5-15)16-8/h6H,3-5,15H2,1-2H3,(H,17,18,20). The van der Waals surface area contributed by atoms with Crippen LogP contribution in [0.15, 0.2) is 5.38 Å². The van der Waals surface area contributed by atoms with Gasteiger partial charge in [-0.25, -0.2) is 9.97 Å². The normalized spacial score (nSPS) is 16.4. The van der Waals surface area contributed by atoms with E-state index in [1.54, 1.807) is 5.38 Å². The van der Waals surface area contributed by atoms with E-state index in [0.717, 1.165) is 12.1 Å². The van der Waals surface area contributed by atoms with Crippen molar-refractivity contribution < 1.29 is 9.59 Å². The van der Waals surface area contributed by atoms with Crippen LogP contribution in [0.25, 0.3) is 0 Å². The van der Waals surface area contributed by atoms with Crippen molar-refractivity contribution in [1.82, 2.24) is 9.97 Å². The second-order valence-corrected chi connectivity index (χ2v) is 7.96. The summed E-state index contributed by atoms with van der Waals surface area (Å²) < 4.78 is 0. The number of fused-ring (bicyclic) bond motifs is 1. The molecule has 0 aromatic carbocycles. The fourth-order valence-electron chi connectivity index (χ4n) is 2.44. The smallest absolute Gasteiger partial charge is 0.276 e. The predicted molar refractivity (Wildman–Crippen MR) is 86.5 cm³/mol. The Morgan fingerprint density at radius 3 is 2.86 bits per heavy atom. The molecule has 0 saturated carbocycles. The first-order chi connectivity index (χ1) is 10.4. The molecule has 0 bridgehead atoms. The third kappa shape index (κ3) is 2.94. The summed E-state index contributed by atoms with van der Waals surface area (Å²) in [6.07, 6.45) is 1.26. The molecule has 1 aliphatic rings. The minimum Gasteiger partial charge on any atom is -0.325 e. The summed E-state index contributed by atoms with van der Waals surface area (Å²) in [5.74, 6) is -0.225. The van der Waals surface area contributed by atoms with Gasteiger partial charge in [-0.2, -0.15) is 0 Å². The van der Waals surface area contributed by atoms with Crippen molar-refractivity contribution >= 4 is 39.5 Å². The van der Waals surface area contributed by atoms with Crippen molar-refractivity contribution in [2.75, 3.05) is 5.32 Å². The van der Waals surface area contributed by atoms with Crippen molar-refractivity contribution in [2.45, 2.75) is 33.2 Å². The number of carbonyl (C=O) groups excluding carboxylic acids is 2. The molecule has 0 spiro atoms. The van der Waals surface area contributed by atoms with E-state index in [9.17, 15) is 9.59 Å². The van der Waals surface area contributed by atoms with Crippen LogP contribution in [0.3, 0.4) is 0 Å². The number of ketones is 1. The Bertz CT molecular complexity index is 748. The number of nitrogens with two attached hydrogens (primary N) is 1. The fourth-order valence-corrected chi connectivity index (χ4v) is 4.01. The molecule has 6 nitrogen and oxygen atoms in total. The van der Waals surface area contributed by atoms with Gasteiger partial charge in [0.2, 0.25) is 0 Å². The Balaban J connectivity index is 1.80. The Hall–Kier alpha value is -1.64. The van der Waals surface area contributed by atoms with Crippen molar-refractivity contribution in [2.24, 2.45) is 11.1 Å². The minimum absolute atomic E-state index is 0.0790. The number of nitrogens with zero attached hydrogens (tertiary/aromatic N) is 2. The van der Waals surface area contributed by atoms with Crippen LogP contribution in [0, 0.1) is 5.41 Å². The largest absolute Gasteiger partial charge is 0.325 e. The van der Waals surface area contributed by atoms with Gasteiger partial charge in [0.1, 0.15) is 10.7 Å². The first-order valence-corrected chi connectivity index (χ1v) is 8.56. The maximum absolute atomic E-state index is 12.1. The van der Waals surface area contributed by atoms with Crippen molar-refractivity contribution in [3.8, 4) is 0 Å². The number of aromatic nitrogens is 2. The topological polar surface area (TPSA) is 98.0 Å². The molecule has 3 N–H and O–H groups in total. The predicted octanol–water partition coefficient (Wildman–Crippen LogP) is 2.47. The van der Waals surface area contributed by atoms with Gasteiger partial charge in [-0.05, 0) is 11.8 Å². The molecule has 2 aromatic heterocycles. The highest BCUT2D eigenvalue weighted by molar-refractivity contribution is 7.17. The summed E-state index contributed by atoms with van der Waals surface area (Å²) in [6, 6.07) is 0. The van der Waals surface area contributed by atoms with Gasteiger partial charge in [-0.3, -0.25) is 14.9 Å². The van der Waals surface area contributed by atoms with Gasteiger partial charge in [-0.15, -0.1) is 11.3 Å². The molecule has 0 unspecified atom stereocenters. The molecule has 22 heavy (non-hydrogen) atoms. The van der Waals surface area contributed by atoms with Crippen LogP contribution in [-0.2, 0) is 13.0 Å². The highest BCUT2D eigenvalue weighted by Gasteiger charge is 2.34. The molecule has 3 rings (SSSR count). The zero-order chi connectivity index (χ0) is 15.9. The summed E-state index contributed by atoms with van der Waals surface area (Å²) in [7, 11) is 0. The van der Waals surface area contributed by atoms with Crippen LogP contribution in [-0.4, -0.2) is 21.7 Å². The molecule has 0 fully saturated rings. The van der Waals surface area contributed by atoms with Crippen molar-refractivity contribution in [3.63, 3.8) is 0 Å². The number of nitrogens with one attached hydrogen (secondary N) is 1. The lowest BCUT2D eigenvalue weighted by molar-refractivity contribution is 0.0915. The molecule has 1 amide bonds. The number of hydrogen-bond donors (Lipinski definition) is 2. The Morgan fingerprint density at radius 1 is 1.41 bits per heavy atom. The number of thiazole rings is 2. The fraction of sp³-hybridized carbons (Fsp3) is 0.429.